The SMILES string of the molecule is CCc1nc(-c2cc(NC(=O)/C=C/c3ccccc3Cl)c(C)s2)no1. The van der Waals surface area contributed by atoms with Crippen LogP contribution in [0.25, 0.3) is 16.8 Å². The number of aryl methyl sites for hydroxylation is 2. The van der Waals surface area contributed by atoms with Crippen molar-refractivity contribution in [2.75, 3.05) is 5.32 Å². The first-order chi connectivity index (χ1) is 12.1. The quantitative estimate of drug-likeness (QED) is 0.641. The molecule has 1 aromatic carbocycles. The normalized spacial score (nSPS) is 11.2. The molecule has 1 N–H and O–H groups in total. The monoisotopic (exact) mass is 373 g/mol. The molecule has 1 amide bonds. The third kappa shape index (κ3) is 4.15. The van der Waals surface area contributed by atoms with E-state index in [1.54, 1.807) is 12.1 Å². The van der Waals surface area contributed by atoms with Gasteiger partial charge >= 0.3 is 0 Å². The number of carbonyl (C=O) groups excluding carboxylic acids is 1. The van der Waals surface area contributed by atoms with E-state index >= 15 is 0 Å². The van der Waals surface area contributed by atoms with E-state index in [0.29, 0.717) is 23.2 Å². The van der Waals surface area contributed by atoms with Gasteiger partial charge < -0.3 is 9.84 Å². The third-order valence-electron chi connectivity index (χ3n) is 3.49. The number of rotatable bonds is 5. The first-order valence-corrected chi connectivity index (χ1v) is 8.93. The first kappa shape index (κ1) is 17.4. The molecule has 2 heterocycles. The van der Waals surface area contributed by atoms with E-state index in [-0.39, 0.29) is 5.91 Å². The summed E-state index contributed by atoms with van der Waals surface area (Å²) in [5.74, 6) is 0.904. The maximum absolute atomic E-state index is 12.2. The Morgan fingerprint density at radius 1 is 1.40 bits per heavy atom. The predicted octanol–water partition coefficient (Wildman–Crippen LogP) is 4.97. The summed E-state index contributed by atoms with van der Waals surface area (Å²) in [5, 5.41) is 7.43. The van der Waals surface area contributed by atoms with Gasteiger partial charge in [0.2, 0.25) is 17.6 Å². The predicted molar refractivity (Wildman–Crippen MR) is 101 cm³/mol. The van der Waals surface area contributed by atoms with Gasteiger partial charge in [-0.3, -0.25) is 4.79 Å². The maximum Gasteiger partial charge on any atom is 0.248 e. The van der Waals surface area contributed by atoms with Crippen molar-refractivity contribution in [3.8, 4) is 10.7 Å². The van der Waals surface area contributed by atoms with E-state index in [4.69, 9.17) is 16.1 Å². The molecule has 0 spiro atoms. The first-order valence-electron chi connectivity index (χ1n) is 7.73. The molecular weight excluding hydrogens is 358 g/mol. The standard InChI is InChI=1S/C18H16ClN3O2S/c1-3-17-21-18(22-24-17)15-10-14(11(2)25-15)20-16(23)9-8-12-6-4-5-7-13(12)19/h4-10H,3H2,1-2H3,(H,20,23)/b9-8+. The van der Waals surface area contributed by atoms with E-state index < -0.39 is 0 Å². The summed E-state index contributed by atoms with van der Waals surface area (Å²) in [5.41, 5.74) is 1.53. The number of amides is 1. The summed E-state index contributed by atoms with van der Waals surface area (Å²) < 4.78 is 5.13. The Hall–Kier alpha value is -2.44. The molecule has 0 saturated heterocycles. The fraction of sp³-hybridized carbons (Fsp3) is 0.167. The van der Waals surface area contributed by atoms with Crippen molar-refractivity contribution in [2.45, 2.75) is 20.3 Å². The molecule has 0 aliphatic carbocycles. The molecule has 0 radical (unpaired) electrons. The van der Waals surface area contributed by atoms with Gasteiger partial charge in [-0.2, -0.15) is 4.98 Å². The third-order valence-corrected chi connectivity index (χ3v) is 4.88. The summed E-state index contributed by atoms with van der Waals surface area (Å²) in [6, 6.07) is 9.20. The van der Waals surface area contributed by atoms with Crippen LogP contribution in [-0.2, 0) is 11.2 Å². The van der Waals surface area contributed by atoms with Gasteiger partial charge in [0.15, 0.2) is 0 Å². The van der Waals surface area contributed by atoms with Crippen molar-refractivity contribution in [1.29, 1.82) is 0 Å². The second-order valence-corrected chi connectivity index (χ2v) is 6.95. The van der Waals surface area contributed by atoms with Gasteiger partial charge in [-0.25, -0.2) is 0 Å². The Labute approximate surface area is 154 Å². The molecule has 0 unspecified atom stereocenters. The average Bonchev–Trinajstić information content (AvgIpc) is 3.21. The number of nitrogens with zero attached hydrogens (tertiary/aromatic N) is 2. The number of halogens is 1. The van der Waals surface area contributed by atoms with Crippen molar-refractivity contribution < 1.29 is 9.32 Å². The zero-order valence-electron chi connectivity index (χ0n) is 13.7. The molecule has 0 aliphatic rings. The summed E-state index contributed by atoms with van der Waals surface area (Å²) in [4.78, 5) is 18.3. The number of thiophene rings is 1. The summed E-state index contributed by atoms with van der Waals surface area (Å²) >= 11 is 7.58. The zero-order chi connectivity index (χ0) is 17.8. The minimum atomic E-state index is -0.227. The fourth-order valence-corrected chi connectivity index (χ4v) is 3.26. The van der Waals surface area contributed by atoms with Crippen molar-refractivity contribution in [3.05, 3.63) is 57.8 Å². The average molecular weight is 374 g/mol. The number of nitrogens with one attached hydrogen (secondary N) is 1. The Kier molecular flexibility index (Phi) is 5.31. The largest absolute Gasteiger partial charge is 0.339 e. The lowest BCUT2D eigenvalue weighted by Crippen LogP contribution is -2.07. The molecule has 3 rings (SSSR count). The van der Waals surface area contributed by atoms with Gasteiger partial charge in [0, 0.05) is 22.4 Å². The minimum absolute atomic E-state index is 0.227. The van der Waals surface area contributed by atoms with E-state index in [1.807, 2.05) is 38.1 Å². The van der Waals surface area contributed by atoms with Crippen LogP contribution in [0.15, 0.2) is 40.9 Å². The Morgan fingerprint density at radius 3 is 2.92 bits per heavy atom. The molecule has 7 heteroatoms. The lowest BCUT2D eigenvalue weighted by atomic mass is 10.2. The van der Waals surface area contributed by atoms with Crippen molar-refractivity contribution in [3.63, 3.8) is 0 Å². The molecule has 0 saturated carbocycles. The van der Waals surface area contributed by atoms with Gasteiger partial charge in [-0.15, -0.1) is 11.3 Å². The van der Waals surface area contributed by atoms with Gasteiger partial charge in [0.1, 0.15) is 0 Å². The highest BCUT2D eigenvalue weighted by molar-refractivity contribution is 7.16. The highest BCUT2D eigenvalue weighted by Crippen LogP contribution is 2.32. The summed E-state index contributed by atoms with van der Waals surface area (Å²) in [7, 11) is 0. The second kappa shape index (κ2) is 7.63. The Bertz CT molecular complexity index is 930. The molecule has 2 aromatic heterocycles. The molecule has 0 aliphatic heterocycles. The van der Waals surface area contributed by atoms with Crippen molar-refractivity contribution in [1.82, 2.24) is 10.1 Å². The fourth-order valence-electron chi connectivity index (χ4n) is 2.17. The minimum Gasteiger partial charge on any atom is -0.339 e. The Morgan fingerprint density at radius 2 is 2.20 bits per heavy atom. The molecular formula is C18H16ClN3O2S. The van der Waals surface area contributed by atoms with Gasteiger partial charge in [-0.05, 0) is 30.7 Å². The maximum atomic E-state index is 12.2. The highest BCUT2D eigenvalue weighted by atomic mass is 35.5. The van der Waals surface area contributed by atoms with Crippen LogP contribution in [0.4, 0.5) is 5.69 Å². The molecule has 0 atom stereocenters. The molecule has 25 heavy (non-hydrogen) atoms. The smallest absolute Gasteiger partial charge is 0.248 e. The van der Waals surface area contributed by atoms with Gasteiger partial charge in [0.25, 0.3) is 0 Å². The molecule has 0 fully saturated rings. The van der Waals surface area contributed by atoms with E-state index in [0.717, 1.165) is 21.0 Å². The number of aromatic nitrogens is 2. The number of hydrogen-bond donors (Lipinski definition) is 1. The zero-order valence-corrected chi connectivity index (χ0v) is 15.3. The summed E-state index contributed by atoms with van der Waals surface area (Å²) in [6.45, 7) is 3.89. The number of carbonyl (C=O) groups is 1. The van der Waals surface area contributed by atoms with Crippen LogP contribution in [0.1, 0.15) is 23.3 Å². The Balaban J connectivity index is 1.72. The molecule has 5 nitrogen and oxygen atoms in total. The van der Waals surface area contributed by atoms with Gasteiger partial charge in [-0.1, -0.05) is 41.9 Å². The van der Waals surface area contributed by atoms with Crippen LogP contribution >= 0.6 is 22.9 Å². The molecule has 0 bridgehead atoms. The lowest BCUT2D eigenvalue weighted by Gasteiger charge is -2.00. The van der Waals surface area contributed by atoms with Gasteiger partial charge in [0.05, 0.1) is 10.6 Å². The summed E-state index contributed by atoms with van der Waals surface area (Å²) in [6.07, 6.45) is 3.84. The van der Waals surface area contributed by atoms with Crippen LogP contribution in [0.5, 0.6) is 0 Å². The van der Waals surface area contributed by atoms with E-state index in [2.05, 4.69) is 15.5 Å². The van der Waals surface area contributed by atoms with Crippen LogP contribution < -0.4 is 5.32 Å². The number of anilines is 1. The van der Waals surface area contributed by atoms with Crippen LogP contribution in [-0.4, -0.2) is 16.0 Å². The van der Waals surface area contributed by atoms with E-state index in [9.17, 15) is 4.79 Å². The van der Waals surface area contributed by atoms with E-state index in [1.165, 1.54) is 17.4 Å². The van der Waals surface area contributed by atoms with Crippen LogP contribution in [0.3, 0.4) is 0 Å². The van der Waals surface area contributed by atoms with Crippen molar-refractivity contribution in [2.24, 2.45) is 0 Å². The lowest BCUT2D eigenvalue weighted by molar-refractivity contribution is -0.111. The van der Waals surface area contributed by atoms with Crippen molar-refractivity contribution >= 4 is 40.6 Å². The molecule has 128 valence electrons. The topological polar surface area (TPSA) is 68.0 Å². The van der Waals surface area contributed by atoms with Crippen LogP contribution in [0, 0.1) is 6.92 Å². The van der Waals surface area contributed by atoms with Crippen LogP contribution in [0.2, 0.25) is 5.02 Å². The highest BCUT2D eigenvalue weighted by Gasteiger charge is 2.13. The number of hydrogen-bond acceptors (Lipinski definition) is 5. The molecule has 3 aromatic rings. The number of benzene rings is 1. The second-order valence-electron chi connectivity index (χ2n) is 5.29.